The molecule has 2 atom stereocenters. The van der Waals surface area contributed by atoms with E-state index >= 15 is 0 Å². The standard InChI is InChI=1S/C9H16N2O/c1-2-8-9(12)11-5-3-4-7(11)6-10-8/h7-8,10H,2-6H2,1H3. The second-order valence-electron chi connectivity index (χ2n) is 3.70. The highest BCUT2D eigenvalue weighted by molar-refractivity contribution is 5.83. The summed E-state index contributed by atoms with van der Waals surface area (Å²) < 4.78 is 0. The lowest BCUT2D eigenvalue weighted by molar-refractivity contribution is -0.136. The number of hydrogen-bond donors (Lipinski definition) is 1. The van der Waals surface area contributed by atoms with E-state index in [9.17, 15) is 4.79 Å². The van der Waals surface area contributed by atoms with Gasteiger partial charge in [-0.3, -0.25) is 4.79 Å². The maximum atomic E-state index is 11.7. The molecule has 0 aromatic rings. The monoisotopic (exact) mass is 168 g/mol. The minimum Gasteiger partial charge on any atom is -0.337 e. The van der Waals surface area contributed by atoms with E-state index in [1.165, 1.54) is 12.8 Å². The zero-order valence-electron chi connectivity index (χ0n) is 7.55. The quantitative estimate of drug-likeness (QED) is 0.613. The first kappa shape index (κ1) is 8.05. The summed E-state index contributed by atoms with van der Waals surface area (Å²) in [5.74, 6) is 0.325. The first-order valence-corrected chi connectivity index (χ1v) is 4.86. The van der Waals surface area contributed by atoms with E-state index in [0.717, 1.165) is 19.5 Å². The molecule has 2 aliphatic heterocycles. The average molecular weight is 168 g/mol. The molecule has 3 heteroatoms. The summed E-state index contributed by atoms with van der Waals surface area (Å²) in [5, 5.41) is 3.30. The molecule has 2 unspecified atom stereocenters. The van der Waals surface area contributed by atoms with E-state index in [1.54, 1.807) is 0 Å². The predicted molar refractivity (Wildman–Crippen MR) is 46.8 cm³/mol. The van der Waals surface area contributed by atoms with Crippen molar-refractivity contribution in [3.8, 4) is 0 Å². The fraction of sp³-hybridized carbons (Fsp3) is 0.889. The lowest BCUT2D eigenvalue weighted by Gasteiger charge is -2.35. The van der Waals surface area contributed by atoms with Crippen molar-refractivity contribution < 1.29 is 4.79 Å². The van der Waals surface area contributed by atoms with Crippen LogP contribution in [0.1, 0.15) is 26.2 Å². The van der Waals surface area contributed by atoms with Gasteiger partial charge in [-0.15, -0.1) is 0 Å². The van der Waals surface area contributed by atoms with Crippen molar-refractivity contribution in [2.75, 3.05) is 13.1 Å². The van der Waals surface area contributed by atoms with Crippen LogP contribution in [0.3, 0.4) is 0 Å². The Balaban J connectivity index is 2.07. The normalized spacial score (nSPS) is 35.4. The Morgan fingerprint density at radius 1 is 1.67 bits per heavy atom. The van der Waals surface area contributed by atoms with Gasteiger partial charge in [-0.05, 0) is 19.3 Å². The SMILES string of the molecule is CCC1NCC2CCCN2C1=O. The van der Waals surface area contributed by atoms with Crippen molar-refractivity contribution in [2.24, 2.45) is 0 Å². The van der Waals surface area contributed by atoms with Gasteiger partial charge in [0.25, 0.3) is 0 Å². The van der Waals surface area contributed by atoms with Gasteiger partial charge in [0, 0.05) is 19.1 Å². The summed E-state index contributed by atoms with van der Waals surface area (Å²) in [6.45, 7) is 4.05. The van der Waals surface area contributed by atoms with Crippen molar-refractivity contribution in [1.29, 1.82) is 0 Å². The Morgan fingerprint density at radius 2 is 2.50 bits per heavy atom. The predicted octanol–water partition coefficient (Wildman–Crippen LogP) is 0.359. The van der Waals surface area contributed by atoms with Crippen molar-refractivity contribution >= 4 is 5.91 Å². The van der Waals surface area contributed by atoms with Gasteiger partial charge in [0.1, 0.15) is 0 Å². The third kappa shape index (κ3) is 1.12. The molecule has 3 nitrogen and oxygen atoms in total. The highest BCUT2D eigenvalue weighted by atomic mass is 16.2. The molecule has 0 aromatic carbocycles. The van der Waals surface area contributed by atoms with Crippen LogP contribution < -0.4 is 5.32 Å². The summed E-state index contributed by atoms with van der Waals surface area (Å²) in [6.07, 6.45) is 3.30. The van der Waals surface area contributed by atoms with Crippen LogP contribution >= 0.6 is 0 Å². The number of hydrogen-bond acceptors (Lipinski definition) is 2. The van der Waals surface area contributed by atoms with Crippen LogP contribution in [-0.4, -0.2) is 36.0 Å². The summed E-state index contributed by atoms with van der Waals surface area (Å²) in [5.41, 5.74) is 0. The molecule has 68 valence electrons. The van der Waals surface area contributed by atoms with E-state index in [-0.39, 0.29) is 6.04 Å². The summed E-state index contributed by atoms with van der Waals surface area (Å²) in [4.78, 5) is 13.8. The minimum absolute atomic E-state index is 0.0966. The number of piperazine rings is 1. The maximum absolute atomic E-state index is 11.7. The molecule has 2 heterocycles. The molecule has 2 aliphatic rings. The Bertz CT molecular complexity index is 193. The largest absolute Gasteiger partial charge is 0.337 e. The molecule has 0 bridgehead atoms. The highest BCUT2D eigenvalue weighted by Crippen LogP contribution is 2.21. The molecule has 0 aliphatic carbocycles. The van der Waals surface area contributed by atoms with E-state index in [1.807, 2.05) is 0 Å². The molecular weight excluding hydrogens is 152 g/mol. The van der Waals surface area contributed by atoms with Crippen LogP contribution in [0.5, 0.6) is 0 Å². The van der Waals surface area contributed by atoms with E-state index in [0.29, 0.717) is 11.9 Å². The number of rotatable bonds is 1. The minimum atomic E-state index is 0.0966. The van der Waals surface area contributed by atoms with Gasteiger partial charge in [-0.1, -0.05) is 6.92 Å². The third-order valence-electron chi connectivity index (χ3n) is 2.97. The topological polar surface area (TPSA) is 32.3 Å². The number of nitrogens with zero attached hydrogens (tertiary/aromatic N) is 1. The number of carbonyl (C=O) groups excluding carboxylic acids is 1. The molecule has 0 aromatic heterocycles. The Kier molecular flexibility index (Phi) is 2.05. The van der Waals surface area contributed by atoms with Crippen LogP contribution in [0.4, 0.5) is 0 Å². The molecule has 0 radical (unpaired) electrons. The third-order valence-corrected chi connectivity index (χ3v) is 2.97. The average Bonchev–Trinajstić information content (AvgIpc) is 2.53. The van der Waals surface area contributed by atoms with Crippen molar-refractivity contribution in [3.63, 3.8) is 0 Å². The number of amides is 1. The second kappa shape index (κ2) is 3.05. The fourth-order valence-corrected chi connectivity index (χ4v) is 2.22. The number of carbonyl (C=O) groups is 1. The Hall–Kier alpha value is -0.570. The van der Waals surface area contributed by atoms with Crippen LogP contribution in [-0.2, 0) is 4.79 Å². The molecule has 12 heavy (non-hydrogen) atoms. The van der Waals surface area contributed by atoms with E-state index < -0.39 is 0 Å². The van der Waals surface area contributed by atoms with Gasteiger partial charge in [-0.25, -0.2) is 0 Å². The van der Waals surface area contributed by atoms with Crippen LogP contribution in [0.15, 0.2) is 0 Å². The molecule has 2 rings (SSSR count). The molecule has 1 N–H and O–H groups in total. The lowest BCUT2D eigenvalue weighted by Crippen LogP contribution is -2.57. The van der Waals surface area contributed by atoms with E-state index in [2.05, 4.69) is 17.1 Å². The lowest BCUT2D eigenvalue weighted by atomic mass is 10.1. The number of nitrogens with one attached hydrogen (secondary N) is 1. The van der Waals surface area contributed by atoms with Gasteiger partial charge in [-0.2, -0.15) is 0 Å². The van der Waals surface area contributed by atoms with Gasteiger partial charge in [0.05, 0.1) is 6.04 Å². The van der Waals surface area contributed by atoms with Crippen molar-refractivity contribution in [3.05, 3.63) is 0 Å². The maximum Gasteiger partial charge on any atom is 0.239 e. The summed E-state index contributed by atoms with van der Waals surface area (Å²) >= 11 is 0. The molecule has 0 spiro atoms. The first-order valence-electron chi connectivity index (χ1n) is 4.86. The molecule has 2 fully saturated rings. The van der Waals surface area contributed by atoms with Crippen LogP contribution in [0.25, 0.3) is 0 Å². The highest BCUT2D eigenvalue weighted by Gasteiger charge is 2.36. The number of fused-ring (bicyclic) bond motifs is 1. The summed E-state index contributed by atoms with van der Waals surface area (Å²) in [7, 11) is 0. The first-order chi connectivity index (χ1) is 5.83. The second-order valence-corrected chi connectivity index (χ2v) is 3.70. The Morgan fingerprint density at radius 3 is 3.25 bits per heavy atom. The zero-order valence-corrected chi connectivity index (χ0v) is 7.55. The fourth-order valence-electron chi connectivity index (χ4n) is 2.22. The molecule has 2 saturated heterocycles. The zero-order chi connectivity index (χ0) is 8.55. The smallest absolute Gasteiger partial charge is 0.239 e. The molecule has 1 amide bonds. The van der Waals surface area contributed by atoms with E-state index in [4.69, 9.17) is 0 Å². The van der Waals surface area contributed by atoms with Crippen molar-refractivity contribution in [1.82, 2.24) is 10.2 Å². The van der Waals surface area contributed by atoms with Gasteiger partial charge in [0.2, 0.25) is 5.91 Å². The van der Waals surface area contributed by atoms with Crippen LogP contribution in [0, 0.1) is 0 Å². The van der Waals surface area contributed by atoms with Gasteiger partial charge in [0.15, 0.2) is 0 Å². The molecule has 0 saturated carbocycles. The molecular formula is C9H16N2O. The Labute approximate surface area is 73.1 Å². The van der Waals surface area contributed by atoms with Crippen LogP contribution in [0.2, 0.25) is 0 Å². The van der Waals surface area contributed by atoms with Crippen molar-refractivity contribution in [2.45, 2.75) is 38.3 Å². The summed E-state index contributed by atoms with van der Waals surface area (Å²) in [6, 6.07) is 0.597. The van der Waals surface area contributed by atoms with Gasteiger partial charge >= 0.3 is 0 Å². The van der Waals surface area contributed by atoms with Gasteiger partial charge < -0.3 is 10.2 Å².